The molecule has 1 saturated heterocycles. The molecular weight excluding hydrogens is 445 g/mol. The number of rotatable bonds is 6. The van der Waals surface area contributed by atoms with E-state index in [-0.39, 0.29) is 11.9 Å². The van der Waals surface area contributed by atoms with Crippen LogP contribution in [0.2, 0.25) is 0 Å². The maximum absolute atomic E-state index is 12.0. The number of carbonyl (C=O) groups is 2. The standard InChI is InChI=1S/C19H26N4O3.C2HF3O2/c24-19(18-2-1-9-26-18)20-7-3-16-13-22(12-15-5-10-25-11-6-15)14-17-4-8-21-23(16)17;3-2(4,5)1(6)7/h1-2,4,8-9,15-16H,3,5-7,10-14H2,(H,20,24);(H,6,7). The van der Waals surface area contributed by atoms with Crippen molar-refractivity contribution in [1.29, 1.82) is 0 Å². The van der Waals surface area contributed by atoms with Gasteiger partial charge < -0.3 is 19.6 Å². The van der Waals surface area contributed by atoms with Crippen LogP contribution in [0.3, 0.4) is 0 Å². The average molecular weight is 472 g/mol. The molecule has 2 aliphatic heterocycles. The number of carboxylic acid groups (broad SMARTS) is 1. The molecule has 1 fully saturated rings. The molecule has 0 aromatic carbocycles. The number of furan rings is 1. The molecule has 0 bridgehead atoms. The summed E-state index contributed by atoms with van der Waals surface area (Å²) in [6.07, 6.45) is 1.46. The molecular formula is C21H27F3N4O5. The monoisotopic (exact) mass is 472 g/mol. The first-order valence-corrected chi connectivity index (χ1v) is 10.7. The third-order valence-electron chi connectivity index (χ3n) is 5.56. The van der Waals surface area contributed by atoms with Crippen molar-refractivity contribution in [1.82, 2.24) is 20.0 Å². The predicted molar refractivity (Wildman–Crippen MR) is 109 cm³/mol. The first-order valence-electron chi connectivity index (χ1n) is 10.7. The van der Waals surface area contributed by atoms with Crippen LogP contribution in [0, 0.1) is 5.92 Å². The Bertz CT molecular complexity index is 894. The number of fused-ring (bicyclic) bond motifs is 1. The topological polar surface area (TPSA) is 110 Å². The van der Waals surface area contributed by atoms with E-state index in [0.29, 0.717) is 12.3 Å². The number of hydrogen-bond acceptors (Lipinski definition) is 6. The Hall–Kier alpha value is -2.86. The van der Waals surface area contributed by atoms with Crippen molar-refractivity contribution in [2.75, 3.05) is 32.8 Å². The largest absolute Gasteiger partial charge is 0.490 e. The summed E-state index contributed by atoms with van der Waals surface area (Å²) in [5.74, 6) is -1.84. The molecule has 2 aromatic rings. The van der Waals surface area contributed by atoms with Crippen LogP contribution in [0.5, 0.6) is 0 Å². The molecule has 12 heteroatoms. The van der Waals surface area contributed by atoms with E-state index < -0.39 is 12.1 Å². The van der Waals surface area contributed by atoms with Crippen molar-refractivity contribution in [2.24, 2.45) is 5.92 Å². The lowest BCUT2D eigenvalue weighted by Gasteiger charge is -2.36. The van der Waals surface area contributed by atoms with Crippen LogP contribution in [-0.2, 0) is 16.1 Å². The number of nitrogens with one attached hydrogen (secondary N) is 1. The second-order valence-electron chi connectivity index (χ2n) is 8.00. The molecule has 182 valence electrons. The Morgan fingerprint density at radius 3 is 2.61 bits per heavy atom. The highest BCUT2D eigenvalue weighted by Crippen LogP contribution is 2.25. The lowest BCUT2D eigenvalue weighted by atomic mass is 9.98. The van der Waals surface area contributed by atoms with Crippen molar-refractivity contribution >= 4 is 11.9 Å². The number of carbonyl (C=O) groups excluding carboxylic acids is 1. The minimum Gasteiger partial charge on any atom is -0.475 e. The maximum atomic E-state index is 12.0. The Balaban J connectivity index is 0.000000383. The van der Waals surface area contributed by atoms with Crippen LogP contribution in [0.25, 0.3) is 0 Å². The number of halogens is 3. The van der Waals surface area contributed by atoms with E-state index in [0.717, 1.165) is 58.0 Å². The van der Waals surface area contributed by atoms with Gasteiger partial charge >= 0.3 is 12.1 Å². The van der Waals surface area contributed by atoms with Crippen LogP contribution >= 0.6 is 0 Å². The van der Waals surface area contributed by atoms with Crippen molar-refractivity contribution in [3.63, 3.8) is 0 Å². The first kappa shape index (κ1) is 24.8. The fraction of sp³-hybridized carbons (Fsp3) is 0.571. The fourth-order valence-corrected chi connectivity index (χ4v) is 3.96. The molecule has 0 spiro atoms. The van der Waals surface area contributed by atoms with Crippen LogP contribution in [0.4, 0.5) is 13.2 Å². The Morgan fingerprint density at radius 2 is 1.97 bits per heavy atom. The van der Waals surface area contributed by atoms with E-state index >= 15 is 0 Å². The molecule has 0 aliphatic carbocycles. The van der Waals surface area contributed by atoms with Gasteiger partial charge in [-0.05, 0) is 43.4 Å². The molecule has 4 rings (SSSR count). The van der Waals surface area contributed by atoms with Crippen LogP contribution in [-0.4, -0.2) is 70.7 Å². The summed E-state index contributed by atoms with van der Waals surface area (Å²) < 4.78 is 44.5. The molecule has 0 radical (unpaired) electrons. The first-order chi connectivity index (χ1) is 15.7. The highest BCUT2D eigenvalue weighted by atomic mass is 19.4. The zero-order valence-electron chi connectivity index (χ0n) is 18.0. The second kappa shape index (κ2) is 11.3. The number of hydrogen-bond donors (Lipinski definition) is 2. The van der Waals surface area contributed by atoms with Gasteiger partial charge in [0.1, 0.15) is 0 Å². The van der Waals surface area contributed by atoms with Gasteiger partial charge in [0.2, 0.25) is 0 Å². The summed E-state index contributed by atoms with van der Waals surface area (Å²) in [4.78, 5) is 23.5. The van der Waals surface area contributed by atoms with Gasteiger partial charge in [-0.3, -0.25) is 14.4 Å². The molecule has 2 aliphatic rings. The SMILES string of the molecule is O=C(NCCC1CN(CC2CCOCC2)Cc2ccnn21)c1ccco1.O=C(O)C(F)(F)F. The second-order valence-corrected chi connectivity index (χ2v) is 8.00. The molecule has 4 heterocycles. The molecule has 0 saturated carbocycles. The average Bonchev–Trinajstić information content (AvgIpc) is 3.46. The maximum Gasteiger partial charge on any atom is 0.490 e. The van der Waals surface area contributed by atoms with Gasteiger partial charge in [-0.25, -0.2) is 4.79 Å². The van der Waals surface area contributed by atoms with Gasteiger partial charge in [-0.15, -0.1) is 0 Å². The lowest BCUT2D eigenvalue weighted by molar-refractivity contribution is -0.192. The quantitative estimate of drug-likeness (QED) is 0.665. The van der Waals surface area contributed by atoms with Crippen molar-refractivity contribution in [3.8, 4) is 0 Å². The minimum absolute atomic E-state index is 0.162. The highest BCUT2D eigenvalue weighted by molar-refractivity contribution is 5.91. The van der Waals surface area contributed by atoms with Gasteiger partial charge in [0, 0.05) is 45.6 Å². The summed E-state index contributed by atoms with van der Waals surface area (Å²) in [5.41, 5.74) is 1.26. The fourth-order valence-electron chi connectivity index (χ4n) is 3.96. The summed E-state index contributed by atoms with van der Waals surface area (Å²) in [5, 5.41) is 14.6. The van der Waals surface area contributed by atoms with Crippen LogP contribution in [0.1, 0.15) is 41.6 Å². The molecule has 2 N–H and O–H groups in total. The Labute approximate surface area is 188 Å². The Morgan fingerprint density at radius 1 is 1.24 bits per heavy atom. The zero-order chi connectivity index (χ0) is 23.8. The van der Waals surface area contributed by atoms with Crippen LogP contribution in [0.15, 0.2) is 35.1 Å². The van der Waals surface area contributed by atoms with Crippen LogP contribution < -0.4 is 5.32 Å². The summed E-state index contributed by atoms with van der Waals surface area (Å²) in [6.45, 7) is 5.42. The molecule has 9 nitrogen and oxygen atoms in total. The third-order valence-corrected chi connectivity index (χ3v) is 5.56. The number of aliphatic carboxylic acids is 1. The predicted octanol–water partition coefficient (Wildman–Crippen LogP) is 2.71. The number of carboxylic acids is 1. The van der Waals surface area contributed by atoms with E-state index in [1.807, 2.05) is 6.20 Å². The van der Waals surface area contributed by atoms with E-state index in [1.165, 1.54) is 12.0 Å². The number of ether oxygens (including phenoxy) is 1. The number of alkyl halides is 3. The van der Waals surface area contributed by atoms with E-state index in [4.69, 9.17) is 19.1 Å². The van der Waals surface area contributed by atoms with Gasteiger partial charge in [0.15, 0.2) is 5.76 Å². The molecule has 2 aromatic heterocycles. The minimum atomic E-state index is -5.08. The third kappa shape index (κ3) is 7.32. The number of aromatic nitrogens is 2. The van der Waals surface area contributed by atoms with Crippen molar-refractivity contribution < 1.29 is 37.0 Å². The lowest BCUT2D eigenvalue weighted by Crippen LogP contribution is -2.42. The van der Waals surface area contributed by atoms with E-state index in [2.05, 4.69) is 26.1 Å². The van der Waals surface area contributed by atoms with E-state index in [9.17, 15) is 18.0 Å². The normalized spacial score (nSPS) is 19.3. The zero-order valence-corrected chi connectivity index (χ0v) is 18.0. The molecule has 1 atom stereocenters. The summed E-state index contributed by atoms with van der Waals surface area (Å²) in [6, 6.07) is 5.78. The van der Waals surface area contributed by atoms with E-state index in [1.54, 1.807) is 12.1 Å². The van der Waals surface area contributed by atoms with Gasteiger partial charge in [-0.2, -0.15) is 18.3 Å². The number of amides is 1. The smallest absolute Gasteiger partial charge is 0.475 e. The highest BCUT2D eigenvalue weighted by Gasteiger charge is 2.38. The number of nitrogens with zero attached hydrogens (tertiary/aromatic N) is 3. The van der Waals surface area contributed by atoms with Gasteiger partial charge in [-0.1, -0.05) is 0 Å². The molecule has 1 amide bonds. The summed E-state index contributed by atoms with van der Waals surface area (Å²) in [7, 11) is 0. The van der Waals surface area contributed by atoms with Gasteiger partial charge in [0.25, 0.3) is 5.91 Å². The Kier molecular flexibility index (Phi) is 8.50. The van der Waals surface area contributed by atoms with Crippen molar-refractivity contribution in [2.45, 2.75) is 38.0 Å². The molecule has 33 heavy (non-hydrogen) atoms. The van der Waals surface area contributed by atoms with Gasteiger partial charge in [0.05, 0.1) is 18.0 Å². The molecule has 1 unspecified atom stereocenters. The summed E-state index contributed by atoms with van der Waals surface area (Å²) >= 11 is 0. The van der Waals surface area contributed by atoms with Crippen molar-refractivity contribution in [3.05, 3.63) is 42.1 Å².